The van der Waals surface area contributed by atoms with Crippen molar-refractivity contribution in [3.63, 3.8) is 0 Å². The van der Waals surface area contributed by atoms with Gasteiger partial charge < -0.3 is 5.73 Å². The van der Waals surface area contributed by atoms with E-state index in [4.69, 9.17) is 5.73 Å². The second-order valence-corrected chi connectivity index (χ2v) is 5.70. The summed E-state index contributed by atoms with van der Waals surface area (Å²) in [6, 6.07) is 0. The summed E-state index contributed by atoms with van der Waals surface area (Å²) in [5, 5.41) is 4.21. The molecule has 0 atom stereocenters. The van der Waals surface area contributed by atoms with Crippen LogP contribution in [-0.2, 0) is 0 Å². The fraction of sp³-hybridized carbons (Fsp3) is 0.364. The summed E-state index contributed by atoms with van der Waals surface area (Å²) in [6.07, 6.45) is 4.19. The normalized spacial score (nSPS) is 16.9. The molecule has 15 heavy (non-hydrogen) atoms. The number of aryl methyl sites for hydroxylation is 2. The molecule has 0 spiro atoms. The van der Waals surface area contributed by atoms with E-state index in [0.29, 0.717) is 0 Å². The van der Waals surface area contributed by atoms with Gasteiger partial charge in [-0.2, -0.15) is 0 Å². The summed E-state index contributed by atoms with van der Waals surface area (Å²) < 4.78 is 0. The average Bonchev–Trinajstić information content (AvgIpc) is 2.39. The van der Waals surface area contributed by atoms with Crippen molar-refractivity contribution >= 4 is 28.7 Å². The Hall–Kier alpha value is -0.740. The second kappa shape index (κ2) is 4.41. The monoisotopic (exact) mass is 238 g/mol. The van der Waals surface area contributed by atoms with E-state index in [2.05, 4.69) is 30.3 Å². The van der Waals surface area contributed by atoms with Crippen LogP contribution in [0.3, 0.4) is 0 Å². The smallest absolute Gasteiger partial charge is 0.0903 e. The molecular formula is C11H14N2S2. The molecule has 2 nitrogen and oxygen atoms in total. The highest BCUT2D eigenvalue weighted by molar-refractivity contribution is 8.05. The molecule has 1 aromatic heterocycles. The van der Waals surface area contributed by atoms with Crippen LogP contribution in [-0.4, -0.2) is 4.98 Å². The van der Waals surface area contributed by atoms with Gasteiger partial charge in [-0.1, -0.05) is 17.8 Å². The fourth-order valence-corrected chi connectivity index (χ4v) is 3.38. The average molecular weight is 238 g/mol. The van der Waals surface area contributed by atoms with Crippen molar-refractivity contribution in [1.82, 2.24) is 4.98 Å². The number of nitrogens with two attached hydrogens (primary N) is 1. The van der Waals surface area contributed by atoms with Crippen LogP contribution in [0.15, 0.2) is 16.5 Å². The second-order valence-electron chi connectivity index (χ2n) is 3.55. The minimum atomic E-state index is 0.906. The summed E-state index contributed by atoms with van der Waals surface area (Å²) in [4.78, 5) is 5.78. The maximum Gasteiger partial charge on any atom is 0.0903 e. The summed E-state index contributed by atoms with van der Waals surface area (Å²) >= 11 is 3.39. The number of thiazole rings is 1. The largest absolute Gasteiger partial charge is 0.394 e. The van der Waals surface area contributed by atoms with E-state index in [0.717, 1.165) is 28.6 Å². The van der Waals surface area contributed by atoms with Crippen LogP contribution in [0.2, 0.25) is 0 Å². The molecule has 0 aliphatic carbocycles. The van der Waals surface area contributed by atoms with Crippen LogP contribution in [0.25, 0.3) is 5.57 Å². The highest BCUT2D eigenvalue weighted by atomic mass is 32.2. The summed E-state index contributed by atoms with van der Waals surface area (Å²) in [5.74, 6) is 0. The SMILES string of the molecule is Cc1nc(C)c(C2=CSC(N)=CCC2)s1. The molecule has 0 aromatic carbocycles. The lowest BCUT2D eigenvalue weighted by atomic mass is 10.1. The number of rotatable bonds is 1. The first-order valence-corrected chi connectivity index (χ1v) is 6.62. The number of allylic oxidation sites excluding steroid dienone is 2. The van der Waals surface area contributed by atoms with E-state index in [1.165, 1.54) is 10.5 Å². The number of hydrogen-bond donors (Lipinski definition) is 1. The van der Waals surface area contributed by atoms with Gasteiger partial charge in [0, 0.05) is 0 Å². The molecule has 80 valence electrons. The van der Waals surface area contributed by atoms with Gasteiger partial charge in [0.1, 0.15) is 0 Å². The molecule has 0 fully saturated rings. The number of nitrogens with zero attached hydrogens (tertiary/aromatic N) is 1. The molecule has 0 saturated carbocycles. The van der Waals surface area contributed by atoms with Crippen molar-refractivity contribution in [2.75, 3.05) is 0 Å². The Morgan fingerprint density at radius 1 is 1.40 bits per heavy atom. The first-order valence-electron chi connectivity index (χ1n) is 4.92. The Morgan fingerprint density at radius 2 is 2.20 bits per heavy atom. The van der Waals surface area contributed by atoms with E-state index in [1.807, 2.05) is 0 Å². The van der Waals surface area contributed by atoms with Crippen molar-refractivity contribution in [3.8, 4) is 0 Å². The molecule has 1 aliphatic heterocycles. The highest BCUT2D eigenvalue weighted by Gasteiger charge is 2.11. The van der Waals surface area contributed by atoms with Crippen LogP contribution < -0.4 is 5.73 Å². The molecule has 0 amide bonds. The van der Waals surface area contributed by atoms with Gasteiger partial charge in [-0.3, -0.25) is 0 Å². The number of hydrogen-bond acceptors (Lipinski definition) is 4. The van der Waals surface area contributed by atoms with E-state index in [1.54, 1.807) is 23.1 Å². The Balaban J connectivity index is 2.28. The summed E-state index contributed by atoms with van der Waals surface area (Å²) in [7, 11) is 0. The summed E-state index contributed by atoms with van der Waals surface area (Å²) in [6.45, 7) is 4.13. The third-order valence-electron chi connectivity index (χ3n) is 2.29. The third kappa shape index (κ3) is 2.44. The van der Waals surface area contributed by atoms with Gasteiger partial charge in [-0.05, 0) is 37.7 Å². The first kappa shape index (κ1) is 10.8. The van der Waals surface area contributed by atoms with E-state index < -0.39 is 0 Å². The zero-order chi connectivity index (χ0) is 10.8. The topological polar surface area (TPSA) is 38.9 Å². The Labute approximate surface area is 98.3 Å². The van der Waals surface area contributed by atoms with Crippen LogP contribution in [0.5, 0.6) is 0 Å². The van der Waals surface area contributed by atoms with Crippen LogP contribution in [0.4, 0.5) is 0 Å². The first-order chi connectivity index (χ1) is 7.16. The Morgan fingerprint density at radius 3 is 2.87 bits per heavy atom. The van der Waals surface area contributed by atoms with Crippen molar-refractivity contribution in [3.05, 3.63) is 32.1 Å². The molecule has 2 rings (SSSR count). The molecule has 2 heterocycles. The van der Waals surface area contributed by atoms with Crippen molar-refractivity contribution < 1.29 is 0 Å². The van der Waals surface area contributed by atoms with Gasteiger partial charge in [-0.25, -0.2) is 4.98 Å². The predicted molar refractivity (Wildman–Crippen MR) is 68.7 cm³/mol. The standard InChI is InChI=1S/C11H14N2S2/c1-7-11(15-8(2)13-7)9-4-3-5-10(12)14-6-9/h5-6H,3-4,12H2,1-2H3. The third-order valence-corrected chi connectivity index (χ3v) is 4.28. The van der Waals surface area contributed by atoms with E-state index in [9.17, 15) is 0 Å². The zero-order valence-corrected chi connectivity index (χ0v) is 10.5. The van der Waals surface area contributed by atoms with Gasteiger partial charge in [0.25, 0.3) is 0 Å². The van der Waals surface area contributed by atoms with Crippen molar-refractivity contribution in [2.45, 2.75) is 26.7 Å². The number of thioether (sulfide) groups is 1. The van der Waals surface area contributed by atoms with E-state index in [-0.39, 0.29) is 0 Å². The van der Waals surface area contributed by atoms with Crippen molar-refractivity contribution in [1.29, 1.82) is 0 Å². The van der Waals surface area contributed by atoms with Crippen molar-refractivity contribution in [2.24, 2.45) is 5.73 Å². The van der Waals surface area contributed by atoms with Gasteiger partial charge in [0.15, 0.2) is 0 Å². The fourth-order valence-electron chi connectivity index (χ4n) is 1.61. The maximum atomic E-state index is 5.79. The quantitative estimate of drug-likeness (QED) is 0.814. The van der Waals surface area contributed by atoms with Gasteiger partial charge >= 0.3 is 0 Å². The van der Waals surface area contributed by atoms with E-state index >= 15 is 0 Å². The van der Waals surface area contributed by atoms with Gasteiger partial charge in [-0.15, -0.1) is 11.3 Å². The molecule has 0 radical (unpaired) electrons. The number of aromatic nitrogens is 1. The lowest BCUT2D eigenvalue weighted by Crippen LogP contribution is -1.87. The molecule has 1 aliphatic rings. The minimum Gasteiger partial charge on any atom is -0.394 e. The highest BCUT2D eigenvalue weighted by Crippen LogP contribution is 2.34. The molecule has 4 heteroatoms. The van der Waals surface area contributed by atoms with Crippen LogP contribution in [0.1, 0.15) is 28.4 Å². The molecule has 0 bridgehead atoms. The van der Waals surface area contributed by atoms with Gasteiger partial charge in [0.2, 0.25) is 0 Å². The summed E-state index contributed by atoms with van der Waals surface area (Å²) in [5.41, 5.74) is 8.30. The molecule has 2 N–H and O–H groups in total. The molecular weight excluding hydrogens is 224 g/mol. The molecule has 0 unspecified atom stereocenters. The minimum absolute atomic E-state index is 0.906. The van der Waals surface area contributed by atoms with Crippen LogP contribution >= 0.6 is 23.1 Å². The van der Waals surface area contributed by atoms with Crippen LogP contribution in [0, 0.1) is 13.8 Å². The van der Waals surface area contributed by atoms with Gasteiger partial charge in [0.05, 0.1) is 20.6 Å². The molecule has 0 saturated heterocycles. The Bertz CT molecular complexity index is 430. The predicted octanol–water partition coefficient (Wildman–Crippen LogP) is 3.43. The maximum absolute atomic E-state index is 5.79. The lowest BCUT2D eigenvalue weighted by Gasteiger charge is -2.01. The lowest BCUT2D eigenvalue weighted by molar-refractivity contribution is 1.06. The molecule has 1 aromatic rings. The zero-order valence-electron chi connectivity index (χ0n) is 8.91. The Kier molecular flexibility index (Phi) is 3.17.